The summed E-state index contributed by atoms with van der Waals surface area (Å²) in [5.74, 6) is -1.56. The Balaban J connectivity index is 0.00000289. The fourth-order valence-electron chi connectivity index (χ4n) is 1.81. The Morgan fingerprint density at radius 2 is 1.89 bits per heavy atom. The van der Waals surface area contributed by atoms with Crippen LogP contribution < -0.4 is 5.73 Å². The Hall–Kier alpha value is -0.710. The highest BCUT2D eigenvalue weighted by atomic mass is 35.5. The number of hydrogen-bond donors (Lipinski definition) is 1. The molecule has 0 aromatic heterocycles. The molecule has 0 fully saturated rings. The van der Waals surface area contributed by atoms with Crippen molar-refractivity contribution in [3.63, 3.8) is 0 Å². The molecule has 0 saturated carbocycles. The molecule has 0 amide bonds. The highest BCUT2D eigenvalue weighted by Gasteiger charge is 2.19. The van der Waals surface area contributed by atoms with Crippen molar-refractivity contribution in [1.82, 2.24) is 4.90 Å². The third kappa shape index (κ3) is 4.88. The van der Waals surface area contributed by atoms with Crippen molar-refractivity contribution in [2.24, 2.45) is 11.1 Å². The Morgan fingerprint density at radius 3 is 2.44 bits per heavy atom. The summed E-state index contributed by atoms with van der Waals surface area (Å²) in [5, 5.41) is 0. The highest BCUT2D eigenvalue weighted by molar-refractivity contribution is 5.85. The standard InChI is InChI=1S/C13H20F2N2.ClH/c1-13(2,8-16)9-17(3)7-10-5-4-6-11(14)12(10)15;/h4-6H,7-9,16H2,1-3H3;1H. The summed E-state index contributed by atoms with van der Waals surface area (Å²) in [6.07, 6.45) is 0. The van der Waals surface area contributed by atoms with E-state index >= 15 is 0 Å². The Bertz CT molecular complexity index is 383. The van der Waals surface area contributed by atoms with Crippen LogP contribution in [0.1, 0.15) is 19.4 Å². The summed E-state index contributed by atoms with van der Waals surface area (Å²) in [4.78, 5) is 1.95. The lowest BCUT2D eigenvalue weighted by Gasteiger charge is -2.29. The lowest BCUT2D eigenvalue weighted by atomic mass is 9.93. The normalized spacial score (nSPS) is 11.5. The van der Waals surface area contributed by atoms with E-state index in [9.17, 15) is 8.78 Å². The van der Waals surface area contributed by atoms with E-state index in [4.69, 9.17) is 5.73 Å². The highest BCUT2D eigenvalue weighted by Crippen LogP contribution is 2.17. The SMILES string of the molecule is CN(Cc1cccc(F)c1F)CC(C)(C)CN.Cl. The molecule has 0 bridgehead atoms. The van der Waals surface area contributed by atoms with Gasteiger partial charge in [-0.1, -0.05) is 26.0 Å². The maximum absolute atomic E-state index is 13.5. The van der Waals surface area contributed by atoms with E-state index < -0.39 is 11.6 Å². The van der Waals surface area contributed by atoms with Gasteiger partial charge in [0.25, 0.3) is 0 Å². The van der Waals surface area contributed by atoms with Crippen molar-refractivity contribution >= 4 is 12.4 Å². The smallest absolute Gasteiger partial charge is 0.163 e. The molecule has 0 spiro atoms. The molecule has 0 saturated heterocycles. The summed E-state index contributed by atoms with van der Waals surface area (Å²) in [6.45, 7) is 5.77. The molecule has 1 rings (SSSR count). The third-order valence-corrected chi connectivity index (χ3v) is 2.72. The minimum Gasteiger partial charge on any atom is -0.330 e. The molecule has 0 heterocycles. The minimum absolute atomic E-state index is 0. The van der Waals surface area contributed by atoms with Crippen LogP contribution in [0.5, 0.6) is 0 Å². The zero-order valence-corrected chi connectivity index (χ0v) is 11.9. The van der Waals surface area contributed by atoms with E-state index in [1.165, 1.54) is 6.07 Å². The van der Waals surface area contributed by atoms with Gasteiger partial charge in [0.1, 0.15) is 0 Å². The van der Waals surface area contributed by atoms with E-state index in [1.54, 1.807) is 6.07 Å². The molecule has 18 heavy (non-hydrogen) atoms. The van der Waals surface area contributed by atoms with Gasteiger partial charge in [-0.25, -0.2) is 8.78 Å². The molecule has 104 valence electrons. The molecule has 5 heteroatoms. The van der Waals surface area contributed by atoms with E-state index in [1.807, 2.05) is 25.8 Å². The van der Waals surface area contributed by atoms with Gasteiger partial charge in [-0.15, -0.1) is 12.4 Å². The first-order valence-electron chi connectivity index (χ1n) is 5.67. The number of rotatable bonds is 5. The predicted molar refractivity (Wildman–Crippen MR) is 72.8 cm³/mol. The quantitative estimate of drug-likeness (QED) is 0.897. The average Bonchev–Trinajstić information content (AvgIpc) is 2.24. The molecule has 2 nitrogen and oxygen atoms in total. The first-order valence-corrected chi connectivity index (χ1v) is 5.67. The maximum Gasteiger partial charge on any atom is 0.163 e. The van der Waals surface area contributed by atoms with Crippen molar-refractivity contribution < 1.29 is 8.78 Å². The van der Waals surface area contributed by atoms with Crippen molar-refractivity contribution in [2.75, 3.05) is 20.1 Å². The molecule has 0 radical (unpaired) electrons. The van der Waals surface area contributed by atoms with Crippen LogP contribution in [0, 0.1) is 17.0 Å². The van der Waals surface area contributed by atoms with Gasteiger partial charge in [0.15, 0.2) is 11.6 Å². The van der Waals surface area contributed by atoms with Gasteiger partial charge in [-0.3, -0.25) is 0 Å². The molecule has 2 N–H and O–H groups in total. The molecule has 0 atom stereocenters. The summed E-state index contributed by atoms with van der Waals surface area (Å²) in [7, 11) is 1.88. The second-order valence-corrected chi connectivity index (χ2v) is 5.25. The first kappa shape index (κ1) is 17.3. The van der Waals surface area contributed by atoms with Crippen molar-refractivity contribution in [3.8, 4) is 0 Å². The van der Waals surface area contributed by atoms with Gasteiger partial charge in [0, 0.05) is 18.7 Å². The van der Waals surface area contributed by atoms with Crippen LogP contribution in [0.4, 0.5) is 8.78 Å². The number of nitrogens with zero attached hydrogens (tertiary/aromatic N) is 1. The molecule has 0 unspecified atom stereocenters. The largest absolute Gasteiger partial charge is 0.330 e. The van der Waals surface area contributed by atoms with Crippen LogP contribution in [0.3, 0.4) is 0 Å². The first-order chi connectivity index (χ1) is 7.85. The maximum atomic E-state index is 13.5. The molecule has 0 aliphatic carbocycles. The van der Waals surface area contributed by atoms with E-state index in [-0.39, 0.29) is 17.8 Å². The zero-order valence-electron chi connectivity index (χ0n) is 11.0. The van der Waals surface area contributed by atoms with Crippen LogP contribution in [0.25, 0.3) is 0 Å². The number of hydrogen-bond acceptors (Lipinski definition) is 2. The monoisotopic (exact) mass is 278 g/mol. The van der Waals surface area contributed by atoms with Crippen molar-refractivity contribution in [1.29, 1.82) is 0 Å². The summed E-state index contributed by atoms with van der Waals surface area (Å²) >= 11 is 0. The molecular weight excluding hydrogens is 258 g/mol. The van der Waals surface area contributed by atoms with E-state index in [0.29, 0.717) is 18.7 Å². The lowest BCUT2D eigenvalue weighted by molar-refractivity contribution is 0.207. The Morgan fingerprint density at radius 1 is 1.28 bits per heavy atom. The minimum atomic E-state index is -0.797. The second-order valence-electron chi connectivity index (χ2n) is 5.25. The van der Waals surface area contributed by atoms with Crippen molar-refractivity contribution in [3.05, 3.63) is 35.4 Å². The molecular formula is C13H21ClF2N2. The molecule has 1 aromatic carbocycles. The topological polar surface area (TPSA) is 29.3 Å². The zero-order chi connectivity index (χ0) is 13.1. The average molecular weight is 279 g/mol. The summed E-state index contributed by atoms with van der Waals surface area (Å²) < 4.78 is 26.5. The summed E-state index contributed by atoms with van der Waals surface area (Å²) in [5.41, 5.74) is 5.99. The number of halogens is 3. The van der Waals surface area contributed by atoms with Gasteiger partial charge in [0.2, 0.25) is 0 Å². The lowest BCUT2D eigenvalue weighted by Crippen LogP contribution is -2.36. The van der Waals surface area contributed by atoms with Gasteiger partial charge < -0.3 is 10.6 Å². The van der Waals surface area contributed by atoms with Crippen LogP contribution in [-0.4, -0.2) is 25.0 Å². The van der Waals surface area contributed by atoms with Gasteiger partial charge in [-0.2, -0.15) is 0 Å². The van der Waals surface area contributed by atoms with E-state index in [2.05, 4.69) is 0 Å². The number of benzene rings is 1. The number of nitrogens with two attached hydrogens (primary N) is 1. The molecule has 0 aliphatic heterocycles. The van der Waals surface area contributed by atoms with Gasteiger partial charge in [0.05, 0.1) is 0 Å². The third-order valence-electron chi connectivity index (χ3n) is 2.72. The van der Waals surface area contributed by atoms with Gasteiger partial charge in [-0.05, 0) is 25.1 Å². The van der Waals surface area contributed by atoms with Crippen molar-refractivity contribution in [2.45, 2.75) is 20.4 Å². The Labute approximate surface area is 114 Å². The summed E-state index contributed by atoms with van der Waals surface area (Å²) in [6, 6.07) is 4.25. The van der Waals surface area contributed by atoms with Gasteiger partial charge >= 0.3 is 0 Å². The van der Waals surface area contributed by atoms with Crippen LogP contribution in [0.2, 0.25) is 0 Å². The second kappa shape index (κ2) is 7.02. The molecule has 0 aliphatic rings. The van der Waals surface area contributed by atoms with Crippen LogP contribution in [-0.2, 0) is 6.54 Å². The predicted octanol–water partition coefficient (Wildman–Crippen LogP) is 2.80. The fourth-order valence-corrected chi connectivity index (χ4v) is 1.81. The van der Waals surface area contributed by atoms with E-state index in [0.717, 1.165) is 12.6 Å². The van der Waals surface area contributed by atoms with Crippen LogP contribution in [0.15, 0.2) is 18.2 Å². The van der Waals surface area contributed by atoms with Crippen LogP contribution >= 0.6 is 12.4 Å². The fraction of sp³-hybridized carbons (Fsp3) is 0.538. The molecule has 1 aromatic rings. The Kier molecular flexibility index (Phi) is 6.74.